The SMILES string of the molecule is O=C(O)c1cc(C(F)F)c(C(F)(F)F)nc1Br. The average Bonchev–Trinajstić information content (AvgIpc) is 2.14. The highest BCUT2D eigenvalue weighted by atomic mass is 79.9. The lowest BCUT2D eigenvalue weighted by Gasteiger charge is -2.12. The number of alkyl halides is 5. The Labute approximate surface area is 99.4 Å². The van der Waals surface area contributed by atoms with Gasteiger partial charge in [0.15, 0.2) is 5.69 Å². The summed E-state index contributed by atoms with van der Waals surface area (Å²) in [6.07, 6.45) is -8.55. The molecule has 0 unspecified atom stereocenters. The standard InChI is InChI=1S/C8H3BrF5NO2/c9-5-3(7(16)17)1-2(6(10)11)4(15-5)8(12,13)14/h1,6H,(H,16,17). The van der Waals surface area contributed by atoms with Crippen LogP contribution in [0.5, 0.6) is 0 Å². The molecule has 1 N–H and O–H groups in total. The van der Waals surface area contributed by atoms with E-state index in [2.05, 4.69) is 20.9 Å². The third kappa shape index (κ3) is 2.90. The van der Waals surface area contributed by atoms with Gasteiger partial charge in [0.1, 0.15) is 4.60 Å². The topological polar surface area (TPSA) is 50.2 Å². The minimum Gasteiger partial charge on any atom is -0.478 e. The molecule has 17 heavy (non-hydrogen) atoms. The number of pyridine rings is 1. The second kappa shape index (κ2) is 4.55. The molecular formula is C8H3BrF5NO2. The van der Waals surface area contributed by atoms with Crippen LogP contribution in [0.15, 0.2) is 10.7 Å². The van der Waals surface area contributed by atoms with E-state index >= 15 is 0 Å². The molecule has 0 radical (unpaired) electrons. The van der Waals surface area contributed by atoms with Gasteiger partial charge in [-0.3, -0.25) is 0 Å². The zero-order valence-electron chi connectivity index (χ0n) is 7.73. The maximum absolute atomic E-state index is 12.4. The molecule has 94 valence electrons. The molecular weight excluding hydrogens is 317 g/mol. The minimum atomic E-state index is -5.08. The Morgan fingerprint density at radius 1 is 1.41 bits per heavy atom. The zero-order valence-corrected chi connectivity index (χ0v) is 9.31. The van der Waals surface area contributed by atoms with E-state index in [0.29, 0.717) is 0 Å². The van der Waals surface area contributed by atoms with E-state index in [0.717, 1.165) is 0 Å². The number of carboxylic acids is 1. The molecule has 9 heteroatoms. The summed E-state index contributed by atoms with van der Waals surface area (Å²) < 4.78 is 61.2. The van der Waals surface area contributed by atoms with Gasteiger partial charge in [0.05, 0.1) is 5.56 Å². The van der Waals surface area contributed by atoms with Gasteiger partial charge in [-0.15, -0.1) is 0 Å². The first-order chi connectivity index (χ1) is 7.64. The number of aromatic nitrogens is 1. The maximum Gasteiger partial charge on any atom is 0.433 e. The number of carboxylic acid groups (broad SMARTS) is 1. The second-order valence-corrected chi connectivity index (χ2v) is 3.62. The largest absolute Gasteiger partial charge is 0.478 e. The molecule has 0 saturated heterocycles. The van der Waals surface area contributed by atoms with Crippen LogP contribution < -0.4 is 0 Å². The second-order valence-electron chi connectivity index (χ2n) is 2.87. The van der Waals surface area contributed by atoms with Crippen LogP contribution in [-0.4, -0.2) is 16.1 Å². The average molecular weight is 320 g/mol. The predicted octanol–water partition coefficient (Wildman–Crippen LogP) is 3.50. The molecule has 0 aliphatic heterocycles. The van der Waals surface area contributed by atoms with Gasteiger partial charge in [0, 0.05) is 5.56 Å². The van der Waals surface area contributed by atoms with E-state index in [-0.39, 0.29) is 6.07 Å². The molecule has 0 aliphatic carbocycles. The number of rotatable bonds is 2. The first-order valence-corrected chi connectivity index (χ1v) is 4.73. The Morgan fingerprint density at radius 2 is 1.94 bits per heavy atom. The number of hydrogen-bond acceptors (Lipinski definition) is 2. The van der Waals surface area contributed by atoms with Crippen LogP contribution in [0.4, 0.5) is 22.0 Å². The van der Waals surface area contributed by atoms with Gasteiger partial charge in [0.2, 0.25) is 0 Å². The number of hydrogen-bond donors (Lipinski definition) is 1. The van der Waals surface area contributed by atoms with Crippen molar-refractivity contribution in [1.82, 2.24) is 4.98 Å². The Kier molecular flexibility index (Phi) is 3.70. The first kappa shape index (κ1) is 13.8. The molecule has 1 rings (SSSR count). The fraction of sp³-hybridized carbons (Fsp3) is 0.250. The lowest BCUT2D eigenvalue weighted by molar-refractivity contribution is -0.143. The summed E-state index contributed by atoms with van der Waals surface area (Å²) in [5.41, 5.74) is -4.02. The smallest absolute Gasteiger partial charge is 0.433 e. The molecule has 0 spiro atoms. The van der Waals surface area contributed by atoms with Crippen molar-refractivity contribution in [3.05, 3.63) is 27.5 Å². The molecule has 1 aromatic heterocycles. The summed E-state index contributed by atoms with van der Waals surface area (Å²) in [5, 5.41) is 8.57. The Hall–Kier alpha value is -1.25. The predicted molar refractivity (Wildman–Crippen MR) is 48.9 cm³/mol. The highest BCUT2D eigenvalue weighted by Crippen LogP contribution is 2.36. The van der Waals surface area contributed by atoms with Gasteiger partial charge in [-0.05, 0) is 22.0 Å². The van der Waals surface area contributed by atoms with E-state index in [1.807, 2.05) is 0 Å². The van der Waals surface area contributed by atoms with E-state index in [4.69, 9.17) is 5.11 Å². The summed E-state index contributed by atoms with van der Waals surface area (Å²) in [7, 11) is 0. The van der Waals surface area contributed by atoms with E-state index in [1.165, 1.54) is 0 Å². The molecule has 0 bridgehead atoms. The normalized spacial score (nSPS) is 11.9. The van der Waals surface area contributed by atoms with E-state index < -0.39 is 40.0 Å². The Balaban J connectivity index is 3.53. The summed E-state index contributed by atoms with van der Waals surface area (Å²) in [4.78, 5) is 13.4. The number of aromatic carboxylic acids is 1. The van der Waals surface area contributed by atoms with Crippen LogP contribution in [0.25, 0.3) is 0 Å². The van der Waals surface area contributed by atoms with E-state index in [1.54, 1.807) is 0 Å². The lowest BCUT2D eigenvalue weighted by Crippen LogP contribution is -2.15. The third-order valence-corrected chi connectivity index (χ3v) is 2.34. The number of nitrogens with zero attached hydrogens (tertiary/aromatic N) is 1. The van der Waals surface area contributed by atoms with Gasteiger partial charge in [-0.2, -0.15) is 13.2 Å². The summed E-state index contributed by atoms with van der Waals surface area (Å²) in [5.74, 6) is -1.65. The minimum absolute atomic E-state index is 0.257. The van der Waals surface area contributed by atoms with Crippen LogP contribution in [0.1, 0.15) is 28.0 Å². The number of halogens is 6. The molecule has 1 aromatic rings. The maximum atomic E-state index is 12.4. The fourth-order valence-corrected chi connectivity index (χ4v) is 1.51. The number of carbonyl (C=O) groups is 1. The molecule has 0 saturated carbocycles. The Morgan fingerprint density at radius 3 is 2.29 bits per heavy atom. The summed E-state index contributed by atoms with van der Waals surface area (Å²) >= 11 is 2.49. The molecule has 0 atom stereocenters. The van der Waals surface area contributed by atoms with Crippen molar-refractivity contribution >= 4 is 21.9 Å². The zero-order chi connectivity index (χ0) is 13.4. The Bertz CT molecular complexity index is 460. The van der Waals surface area contributed by atoms with Crippen molar-refractivity contribution in [2.24, 2.45) is 0 Å². The van der Waals surface area contributed by atoms with Crippen LogP contribution >= 0.6 is 15.9 Å². The highest BCUT2D eigenvalue weighted by molar-refractivity contribution is 9.10. The van der Waals surface area contributed by atoms with E-state index in [9.17, 15) is 26.7 Å². The molecule has 0 amide bonds. The summed E-state index contributed by atoms with van der Waals surface area (Å²) in [6.45, 7) is 0. The van der Waals surface area contributed by atoms with Gasteiger partial charge in [-0.25, -0.2) is 18.6 Å². The fourth-order valence-electron chi connectivity index (χ4n) is 1.05. The monoisotopic (exact) mass is 319 g/mol. The van der Waals surface area contributed by atoms with Crippen molar-refractivity contribution in [2.75, 3.05) is 0 Å². The van der Waals surface area contributed by atoms with Gasteiger partial charge in [-0.1, -0.05) is 0 Å². The summed E-state index contributed by atoms with van der Waals surface area (Å²) in [6, 6.07) is 0.257. The van der Waals surface area contributed by atoms with Gasteiger partial charge >= 0.3 is 12.1 Å². The van der Waals surface area contributed by atoms with Crippen molar-refractivity contribution in [1.29, 1.82) is 0 Å². The van der Waals surface area contributed by atoms with Crippen molar-refractivity contribution in [3.63, 3.8) is 0 Å². The van der Waals surface area contributed by atoms with Gasteiger partial charge in [0.25, 0.3) is 6.43 Å². The molecule has 1 heterocycles. The first-order valence-electron chi connectivity index (χ1n) is 3.93. The van der Waals surface area contributed by atoms with Crippen molar-refractivity contribution in [3.8, 4) is 0 Å². The molecule has 0 fully saturated rings. The van der Waals surface area contributed by atoms with Crippen LogP contribution in [0.3, 0.4) is 0 Å². The molecule has 0 aromatic carbocycles. The molecule has 0 aliphatic rings. The highest BCUT2D eigenvalue weighted by Gasteiger charge is 2.39. The van der Waals surface area contributed by atoms with Crippen molar-refractivity contribution in [2.45, 2.75) is 12.6 Å². The van der Waals surface area contributed by atoms with Gasteiger partial charge < -0.3 is 5.11 Å². The lowest BCUT2D eigenvalue weighted by atomic mass is 10.1. The third-order valence-electron chi connectivity index (χ3n) is 1.74. The van der Waals surface area contributed by atoms with Crippen LogP contribution in [0, 0.1) is 0 Å². The van der Waals surface area contributed by atoms with Crippen molar-refractivity contribution < 1.29 is 31.9 Å². The van der Waals surface area contributed by atoms with Crippen LogP contribution in [-0.2, 0) is 6.18 Å². The molecule has 3 nitrogen and oxygen atoms in total. The quantitative estimate of drug-likeness (QED) is 0.670. The van der Waals surface area contributed by atoms with Crippen LogP contribution in [0.2, 0.25) is 0 Å².